The lowest BCUT2D eigenvalue weighted by Crippen LogP contribution is -2.10. The number of alkyl halides is 1. The first-order chi connectivity index (χ1) is 6.91. The highest BCUT2D eigenvalue weighted by molar-refractivity contribution is 5.27. The molecular formula is C9H6F6. The third kappa shape index (κ3) is 1.80. The summed E-state index contributed by atoms with van der Waals surface area (Å²) in [6.45, 7) is -0.184. The second-order valence-electron chi connectivity index (χ2n) is 3.04. The molecule has 15 heavy (non-hydrogen) atoms. The van der Waals surface area contributed by atoms with Gasteiger partial charge in [-0.3, -0.25) is 4.39 Å². The maximum absolute atomic E-state index is 13.0. The van der Waals surface area contributed by atoms with Crippen LogP contribution in [0.25, 0.3) is 0 Å². The van der Waals surface area contributed by atoms with Crippen molar-refractivity contribution in [2.75, 3.05) is 6.67 Å². The fraction of sp³-hybridized carbons (Fsp3) is 0.333. The van der Waals surface area contributed by atoms with Gasteiger partial charge >= 0.3 is 0 Å². The van der Waals surface area contributed by atoms with Gasteiger partial charge in [0.15, 0.2) is 23.3 Å². The first kappa shape index (κ1) is 11.9. The van der Waals surface area contributed by atoms with E-state index < -0.39 is 47.2 Å². The van der Waals surface area contributed by atoms with Gasteiger partial charge in [-0.1, -0.05) is 6.92 Å². The molecule has 0 N–H and O–H groups in total. The van der Waals surface area contributed by atoms with E-state index in [9.17, 15) is 26.3 Å². The van der Waals surface area contributed by atoms with Gasteiger partial charge < -0.3 is 0 Å². The van der Waals surface area contributed by atoms with Crippen LogP contribution in [-0.2, 0) is 0 Å². The van der Waals surface area contributed by atoms with Crippen LogP contribution in [0.4, 0.5) is 26.3 Å². The second kappa shape index (κ2) is 4.12. The van der Waals surface area contributed by atoms with Crippen LogP contribution in [0.15, 0.2) is 0 Å². The van der Waals surface area contributed by atoms with Gasteiger partial charge in [0.1, 0.15) is 0 Å². The topological polar surface area (TPSA) is 0 Å². The van der Waals surface area contributed by atoms with Crippen molar-refractivity contribution >= 4 is 0 Å². The molecule has 0 aromatic heterocycles. The Kier molecular flexibility index (Phi) is 3.26. The van der Waals surface area contributed by atoms with Crippen molar-refractivity contribution in [3.63, 3.8) is 0 Å². The van der Waals surface area contributed by atoms with Crippen molar-refractivity contribution in [1.29, 1.82) is 0 Å². The SMILES string of the molecule is CC(CF)c1c(F)c(F)c(F)c(F)c1F. The first-order valence-corrected chi connectivity index (χ1v) is 3.99. The van der Waals surface area contributed by atoms with Crippen LogP contribution in [0.3, 0.4) is 0 Å². The highest BCUT2D eigenvalue weighted by atomic mass is 19.2. The summed E-state index contributed by atoms with van der Waals surface area (Å²) in [5.41, 5.74) is -1.12. The molecule has 1 unspecified atom stereocenters. The third-order valence-corrected chi connectivity index (χ3v) is 1.97. The van der Waals surface area contributed by atoms with Gasteiger partial charge in [0.2, 0.25) is 5.82 Å². The summed E-state index contributed by atoms with van der Waals surface area (Å²) in [6.07, 6.45) is 0. The summed E-state index contributed by atoms with van der Waals surface area (Å²) in [7, 11) is 0. The lowest BCUT2D eigenvalue weighted by atomic mass is 10.0. The molecule has 0 radical (unpaired) electrons. The summed E-state index contributed by atoms with van der Waals surface area (Å²) in [6, 6.07) is 0. The molecule has 0 aliphatic heterocycles. The molecule has 0 spiro atoms. The number of hydrogen-bond acceptors (Lipinski definition) is 0. The Morgan fingerprint density at radius 3 is 1.47 bits per heavy atom. The van der Waals surface area contributed by atoms with Crippen molar-refractivity contribution in [2.45, 2.75) is 12.8 Å². The van der Waals surface area contributed by atoms with Crippen molar-refractivity contribution in [3.8, 4) is 0 Å². The van der Waals surface area contributed by atoms with Crippen LogP contribution in [0.5, 0.6) is 0 Å². The monoisotopic (exact) mass is 228 g/mol. The summed E-state index contributed by atoms with van der Waals surface area (Å²) in [5, 5.41) is 0. The molecule has 6 heteroatoms. The Hall–Kier alpha value is -1.20. The molecule has 1 aromatic rings. The van der Waals surface area contributed by atoms with E-state index in [1.807, 2.05) is 0 Å². The number of benzene rings is 1. The predicted octanol–water partition coefficient (Wildman–Crippen LogP) is 3.46. The molecule has 0 aliphatic carbocycles. The zero-order valence-corrected chi connectivity index (χ0v) is 7.55. The largest absolute Gasteiger partial charge is 0.250 e. The Labute approximate surface area is 81.5 Å². The van der Waals surface area contributed by atoms with Crippen LogP contribution in [0.2, 0.25) is 0 Å². The van der Waals surface area contributed by atoms with Gasteiger partial charge in [-0.05, 0) is 0 Å². The molecule has 0 saturated heterocycles. The van der Waals surface area contributed by atoms with E-state index in [2.05, 4.69) is 0 Å². The van der Waals surface area contributed by atoms with E-state index in [0.29, 0.717) is 0 Å². The molecule has 0 nitrogen and oxygen atoms in total. The van der Waals surface area contributed by atoms with Crippen molar-refractivity contribution < 1.29 is 26.3 Å². The van der Waals surface area contributed by atoms with E-state index in [0.717, 1.165) is 6.92 Å². The van der Waals surface area contributed by atoms with E-state index in [1.54, 1.807) is 0 Å². The van der Waals surface area contributed by atoms with Gasteiger partial charge in [-0.2, -0.15) is 0 Å². The molecule has 1 atom stereocenters. The van der Waals surface area contributed by atoms with Crippen LogP contribution in [-0.4, -0.2) is 6.67 Å². The fourth-order valence-electron chi connectivity index (χ4n) is 1.13. The van der Waals surface area contributed by atoms with E-state index in [-0.39, 0.29) is 0 Å². The molecule has 0 bridgehead atoms. The summed E-state index contributed by atoms with van der Waals surface area (Å²) < 4.78 is 75.8. The average Bonchev–Trinajstić information content (AvgIpc) is 2.23. The zero-order chi connectivity index (χ0) is 11.7. The Bertz CT molecular complexity index is 358. The summed E-state index contributed by atoms with van der Waals surface area (Å²) in [4.78, 5) is 0. The van der Waals surface area contributed by atoms with Crippen LogP contribution < -0.4 is 0 Å². The molecular weight excluding hydrogens is 222 g/mol. The maximum Gasteiger partial charge on any atom is 0.200 e. The minimum absolute atomic E-state index is 1.03. The predicted molar refractivity (Wildman–Crippen MR) is 40.6 cm³/mol. The standard InChI is InChI=1S/C9H6F6/c1-3(2-10)4-5(11)7(13)9(15)8(14)6(4)12/h3H,2H2,1H3. The van der Waals surface area contributed by atoms with Crippen LogP contribution in [0.1, 0.15) is 18.4 Å². The fourth-order valence-corrected chi connectivity index (χ4v) is 1.13. The normalized spacial score (nSPS) is 13.0. The quantitative estimate of drug-likeness (QED) is 0.413. The summed E-state index contributed by atoms with van der Waals surface area (Å²) >= 11 is 0. The molecule has 84 valence electrons. The Balaban J connectivity index is 3.52. The average molecular weight is 228 g/mol. The van der Waals surface area contributed by atoms with E-state index in [4.69, 9.17) is 0 Å². The van der Waals surface area contributed by atoms with Crippen LogP contribution in [0, 0.1) is 29.1 Å². The highest BCUT2D eigenvalue weighted by Crippen LogP contribution is 2.28. The molecule has 1 aromatic carbocycles. The molecule has 0 fully saturated rings. The highest BCUT2D eigenvalue weighted by Gasteiger charge is 2.28. The minimum atomic E-state index is -2.24. The minimum Gasteiger partial charge on any atom is -0.250 e. The first-order valence-electron chi connectivity index (χ1n) is 3.99. The molecule has 1 rings (SSSR count). The zero-order valence-electron chi connectivity index (χ0n) is 7.55. The number of hydrogen-bond donors (Lipinski definition) is 0. The second-order valence-corrected chi connectivity index (χ2v) is 3.04. The van der Waals surface area contributed by atoms with Gasteiger partial charge in [-0.25, -0.2) is 22.0 Å². The van der Waals surface area contributed by atoms with E-state index in [1.165, 1.54) is 0 Å². The smallest absolute Gasteiger partial charge is 0.200 e. The van der Waals surface area contributed by atoms with Gasteiger partial charge in [0, 0.05) is 11.5 Å². The van der Waals surface area contributed by atoms with Crippen molar-refractivity contribution in [3.05, 3.63) is 34.6 Å². The lowest BCUT2D eigenvalue weighted by Gasteiger charge is -2.11. The van der Waals surface area contributed by atoms with Crippen LogP contribution >= 0.6 is 0 Å². The lowest BCUT2D eigenvalue weighted by molar-refractivity contribution is 0.353. The molecule has 0 amide bonds. The molecule has 0 aliphatic rings. The number of halogens is 6. The van der Waals surface area contributed by atoms with Crippen molar-refractivity contribution in [1.82, 2.24) is 0 Å². The maximum atomic E-state index is 13.0. The Morgan fingerprint density at radius 2 is 1.13 bits per heavy atom. The summed E-state index contributed by atoms with van der Waals surface area (Å²) in [5.74, 6) is -11.7. The Morgan fingerprint density at radius 1 is 0.800 bits per heavy atom. The van der Waals surface area contributed by atoms with Gasteiger partial charge in [0.25, 0.3) is 0 Å². The number of rotatable bonds is 2. The molecule has 0 heterocycles. The van der Waals surface area contributed by atoms with Gasteiger partial charge in [-0.15, -0.1) is 0 Å². The third-order valence-electron chi connectivity index (χ3n) is 1.97. The van der Waals surface area contributed by atoms with Gasteiger partial charge in [0.05, 0.1) is 6.67 Å². The van der Waals surface area contributed by atoms with Crippen molar-refractivity contribution in [2.24, 2.45) is 0 Å². The van der Waals surface area contributed by atoms with E-state index >= 15 is 0 Å². The molecule has 0 saturated carbocycles.